The zero-order valence-corrected chi connectivity index (χ0v) is 52.1. The number of nitrogens with one attached hydrogen (secondary N) is 11. The molecule has 2 aromatic carbocycles. The van der Waals surface area contributed by atoms with E-state index in [4.69, 9.17) is 16.2 Å². The van der Waals surface area contributed by atoms with Gasteiger partial charge in [-0.3, -0.25) is 48.1 Å². The van der Waals surface area contributed by atoms with E-state index in [1.807, 2.05) is 52.0 Å². The number of phenols is 1. The number of aromatic amines is 2. The molecule has 0 bridgehead atoms. The van der Waals surface area contributed by atoms with Gasteiger partial charge in [0.25, 0.3) is 0 Å². The molecule has 2 aliphatic heterocycles. The number of aromatic nitrogens is 3. The molecule has 9 amide bonds. The highest BCUT2D eigenvalue weighted by molar-refractivity contribution is 5.98. The highest BCUT2D eigenvalue weighted by Crippen LogP contribution is 2.22. The van der Waals surface area contributed by atoms with Gasteiger partial charge in [-0.2, -0.15) is 0 Å². The molecule has 16 N–H and O–H groups in total. The molecule has 2 fully saturated rings. The molecule has 486 valence electrons. The number of fused-ring (bicyclic) bond motifs is 1. The number of benzene rings is 2. The number of nitrogens with two attached hydrogens (primary N) is 2. The second kappa shape index (κ2) is 34.2. The number of aromatic hydroxyl groups is 1. The Labute approximate surface area is 519 Å². The number of amides is 9. The van der Waals surface area contributed by atoms with Crippen molar-refractivity contribution in [2.24, 2.45) is 28.3 Å². The van der Waals surface area contributed by atoms with Crippen LogP contribution in [0.15, 0.2) is 72.2 Å². The Balaban J connectivity index is 1.25. The van der Waals surface area contributed by atoms with E-state index in [9.17, 15) is 48.3 Å². The Morgan fingerprint density at radius 3 is 1.92 bits per heavy atom. The molecule has 89 heavy (non-hydrogen) atoms. The van der Waals surface area contributed by atoms with Crippen molar-refractivity contribution in [2.45, 2.75) is 180 Å². The SMILES string of the molecule is CCNC(=O)[C@@H]1CCCN1C(=O)[C@H](CCCN=C(N)N)NC(=O)[C@H](CC(C)C)NC(=O)[C@@H](CC(C)C)NC(=O)[C@H](Cc1ccc(O)cc1)NC(=O)[C@H](COC(C)C)NC(=O)[C@H](Cc1c[nH]c2ccccc12)NC(=O)[C@H](Cc1cnc[nH]1)NCC1CCC(=O)N1. The molecule has 27 nitrogen and oxygen atoms in total. The average molecular weight is 1240 g/mol. The third-order valence-electron chi connectivity index (χ3n) is 15.4. The van der Waals surface area contributed by atoms with Crippen LogP contribution in [-0.2, 0) is 67.2 Å². The maximum atomic E-state index is 14.9. The molecule has 2 aliphatic rings. The molecule has 1 unspecified atom stereocenters. The van der Waals surface area contributed by atoms with E-state index in [1.54, 1.807) is 45.3 Å². The Morgan fingerprint density at radius 2 is 1.33 bits per heavy atom. The fourth-order valence-electron chi connectivity index (χ4n) is 10.9. The number of H-pyrrole nitrogens is 2. The first-order valence-corrected chi connectivity index (χ1v) is 30.9. The summed E-state index contributed by atoms with van der Waals surface area (Å²) < 4.78 is 5.97. The molecule has 0 spiro atoms. The Hall–Kier alpha value is -8.59. The Morgan fingerprint density at radius 1 is 0.730 bits per heavy atom. The van der Waals surface area contributed by atoms with Gasteiger partial charge >= 0.3 is 0 Å². The first kappa shape index (κ1) is 69.5. The summed E-state index contributed by atoms with van der Waals surface area (Å²) in [5, 5.41) is 37.0. The molecule has 0 radical (unpaired) electrons. The first-order valence-electron chi connectivity index (χ1n) is 30.9. The van der Waals surface area contributed by atoms with Gasteiger partial charge in [0.2, 0.25) is 53.2 Å². The van der Waals surface area contributed by atoms with Crippen LogP contribution < -0.4 is 59.3 Å². The number of ether oxygens (including phenoxy) is 1. The van der Waals surface area contributed by atoms with Crippen molar-refractivity contribution in [3.05, 3.63) is 84.1 Å². The van der Waals surface area contributed by atoms with E-state index in [0.717, 1.165) is 10.9 Å². The van der Waals surface area contributed by atoms with Crippen LogP contribution in [0.3, 0.4) is 0 Å². The van der Waals surface area contributed by atoms with Gasteiger partial charge in [0.05, 0.1) is 25.1 Å². The lowest BCUT2D eigenvalue weighted by atomic mass is 9.98. The van der Waals surface area contributed by atoms with Crippen LogP contribution >= 0.6 is 0 Å². The van der Waals surface area contributed by atoms with E-state index in [2.05, 4.69) is 67.8 Å². The van der Waals surface area contributed by atoms with Crippen molar-refractivity contribution >= 4 is 70.0 Å². The average Bonchev–Trinajstić information content (AvgIpc) is 2.61. The van der Waals surface area contributed by atoms with Gasteiger partial charge < -0.3 is 84.0 Å². The van der Waals surface area contributed by atoms with Crippen LogP contribution in [0.25, 0.3) is 10.9 Å². The number of para-hydroxylation sites is 1. The lowest BCUT2D eigenvalue weighted by Crippen LogP contribution is -2.61. The molecule has 27 heteroatoms. The molecule has 9 atom stereocenters. The lowest BCUT2D eigenvalue weighted by molar-refractivity contribution is -0.142. The smallest absolute Gasteiger partial charge is 0.245 e. The van der Waals surface area contributed by atoms with E-state index in [-0.39, 0.29) is 99.6 Å². The predicted molar refractivity (Wildman–Crippen MR) is 334 cm³/mol. The third-order valence-corrected chi connectivity index (χ3v) is 15.4. The minimum atomic E-state index is -1.47. The number of guanidine groups is 1. The summed E-state index contributed by atoms with van der Waals surface area (Å²) in [7, 11) is 0. The zero-order chi connectivity index (χ0) is 64.7. The number of nitrogens with zero attached hydrogens (tertiary/aromatic N) is 3. The second-order valence-electron chi connectivity index (χ2n) is 24.0. The van der Waals surface area contributed by atoms with Gasteiger partial charge in [0.1, 0.15) is 48.0 Å². The molecule has 6 rings (SSSR count). The fraction of sp³-hybridized carbons (Fsp3) is 0.565. The van der Waals surface area contributed by atoms with Crippen LogP contribution in [0.2, 0.25) is 0 Å². The van der Waals surface area contributed by atoms with Crippen LogP contribution in [0.4, 0.5) is 0 Å². The largest absolute Gasteiger partial charge is 0.508 e. The minimum absolute atomic E-state index is 0.0288. The highest BCUT2D eigenvalue weighted by Gasteiger charge is 2.40. The number of hydrogen-bond acceptors (Lipinski definition) is 14. The quantitative estimate of drug-likeness (QED) is 0.0169. The fourth-order valence-corrected chi connectivity index (χ4v) is 10.9. The first-order chi connectivity index (χ1) is 42.5. The van der Waals surface area contributed by atoms with Crippen molar-refractivity contribution in [2.75, 3.05) is 32.8 Å². The van der Waals surface area contributed by atoms with Crippen molar-refractivity contribution < 1.29 is 53.0 Å². The summed E-state index contributed by atoms with van der Waals surface area (Å²) >= 11 is 0. The zero-order valence-electron chi connectivity index (χ0n) is 52.1. The number of likely N-dealkylation sites (N-methyl/N-ethyl adjacent to an activating group) is 1. The van der Waals surface area contributed by atoms with Gasteiger partial charge in [-0.25, -0.2) is 4.98 Å². The molecular formula is C62H92N16O11. The predicted octanol–water partition coefficient (Wildman–Crippen LogP) is 0.468. The van der Waals surface area contributed by atoms with E-state index < -0.39 is 95.8 Å². The number of carbonyl (C=O) groups is 9. The Bertz CT molecular complexity index is 3040. The summed E-state index contributed by atoms with van der Waals surface area (Å²) in [6, 6.07) is 3.75. The molecule has 4 heterocycles. The standard InChI is InChI=1S/C62H92N16O11/c1-8-66-60(87)52-16-12-24-78(52)61(88)45(15-11-23-67-62(63)64)72-55(82)47(25-35(2)3)73-56(83)48(26-36(4)5)74-57(84)49(27-38-17-20-42(79)21-18-38)75-59(86)51(33-89-37(6)7)77-58(85)50(28-39-30-68-44-14-10-9-13-43(39)44)76-54(81)46(29-41-31-65-34-70-41)69-32-40-19-22-53(80)71-40/h9-10,13-14,17-18,20-21,30-31,34-37,40,45-52,68-69,79H,8,11-12,15-16,19,22-29,32-33H2,1-7H3,(H,65,70)(H,66,87)(H,71,80)(H,72,82)(H,73,83)(H,74,84)(H,75,86)(H,76,81)(H,77,85)(H4,63,64,67)/t40?,45-,46-,47-,48+,49-,50-,51-,52-/m0/s1. The highest BCUT2D eigenvalue weighted by atomic mass is 16.5. The topological polar surface area (TPSA) is 403 Å². The van der Waals surface area contributed by atoms with Crippen molar-refractivity contribution in [3.63, 3.8) is 0 Å². The van der Waals surface area contributed by atoms with Crippen LogP contribution in [-0.4, -0.2) is 177 Å². The number of hydrogen-bond donors (Lipinski definition) is 14. The van der Waals surface area contributed by atoms with Gasteiger partial charge in [-0.15, -0.1) is 0 Å². The summed E-state index contributed by atoms with van der Waals surface area (Å²) in [6.07, 6.45) is 6.88. The van der Waals surface area contributed by atoms with Gasteiger partial charge in [0.15, 0.2) is 5.96 Å². The van der Waals surface area contributed by atoms with Crippen LogP contribution in [0.5, 0.6) is 5.75 Å². The molecule has 4 aromatic rings. The third kappa shape index (κ3) is 21.9. The maximum Gasteiger partial charge on any atom is 0.245 e. The number of likely N-dealkylation sites (tertiary alicyclic amines) is 1. The second-order valence-corrected chi connectivity index (χ2v) is 24.0. The molecular weight excluding hydrogens is 1140 g/mol. The van der Waals surface area contributed by atoms with Gasteiger partial charge in [0, 0.05) is 86.9 Å². The van der Waals surface area contributed by atoms with Crippen molar-refractivity contribution in [1.82, 2.24) is 67.7 Å². The number of imidazole rings is 1. The number of aliphatic imine (C=N–C) groups is 1. The molecule has 0 aliphatic carbocycles. The Kier molecular flexibility index (Phi) is 26.7. The van der Waals surface area contributed by atoms with E-state index in [0.29, 0.717) is 62.0 Å². The normalized spacial score (nSPS) is 17.2. The van der Waals surface area contributed by atoms with Crippen LogP contribution in [0, 0.1) is 11.8 Å². The summed E-state index contributed by atoms with van der Waals surface area (Å²) in [5.41, 5.74) is 13.8. The van der Waals surface area contributed by atoms with Crippen molar-refractivity contribution in [3.8, 4) is 5.75 Å². The number of rotatable bonds is 35. The van der Waals surface area contributed by atoms with E-state index in [1.165, 1.54) is 23.4 Å². The number of carbonyl (C=O) groups excluding carboxylic acids is 9. The molecule has 2 aromatic heterocycles. The van der Waals surface area contributed by atoms with E-state index >= 15 is 0 Å². The van der Waals surface area contributed by atoms with Crippen molar-refractivity contribution in [1.29, 1.82) is 0 Å². The monoisotopic (exact) mass is 1240 g/mol. The summed E-state index contributed by atoms with van der Waals surface area (Å²) in [6.45, 7) is 13.4. The molecule has 2 saturated heterocycles. The lowest BCUT2D eigenvalue weighted by Gasteiger charge is -2.31. The number of phenolic OH excluding ortho intramolecular Hbond substituents is 1. The maximum absolute atomic E-state index is 14.9. The summed E-state index contributed by atoms with van der Waals surface area (Å²) in [4.78, 5) is 144. The van der Waals surface area contributed by atoms with Gasteiger partial charge in [-0.05, 0) is 107 Å². The van der Waals surface area contributed by atoms with Gasteiger partial charge in [-0.1, -0.05) is 58.0 Å². The van der Waals surface area contributed by atoms with Crippen LogP contribution in [0.1, 0.15) is 117 Å². The summed E-state index contributed by atoms with van der Waals surface area (Å²) in [5.74, 6) is -5.77. The minimum Gasteiger partial charge on any atom is -0.508 e. The molecule has 0 saturated carbocycles.